The summed E-state index contributed by atoms with van der Waals surface area (Å²) in [5.41, 5.74) is 2.56. The summed E-state index contributed by atoms with van der Waals surface area (Å²) < 4.78 is 0. The predicted octanol–water partition coefficient (Wildman–Crippen LogP) is 3.35. The summed E-state index contributed by atoms with van der Waals surface area (Å²) in [4.78, 5) is 3.32. The third kappa shape index (κ3) is 2.78. The topological polar surface area (TPSA) is 29.3 Å². The van der Waals surface area contributed by atoms with E-state index in [1.807, 2.05) is 12.1 Å². The third-order valence-corrected chi connectivity index (χ3v) is 3.69. The summed E-state index contributed by atoms with van der Waals surface area (Å²) in [6.45, 7) is 0.943. The number of nitrogens with two attached hydrogens (primary N) is 1. The lowest BCUT2D eigenvalue weighted by Crippen LogP contribution is -2.15. The van der Waals surface area contributed by atoms with Crippen LogP contribution in [0, 0.1) is 0 Å². The van der Waals surface area contributed by atoms with Gasteiger partial charge in [0.1, 0.15) is 0 Å². The van der Waals surface area contributed by atoms with Crippen LogP contribution in [-0.2, 0) is 6.54 Å². The van der Waals surface area contributed by atoms with Gasteiger partial charge in [0.25, 0.3) is 0 Å². The summed E-state index contributed by atoms with van der Waals surface area (Å²) in [6.07, 6.45) is 0. The van der Waals surface area contributed by atoms with Crippen molar-refractivity contribution in [2.45, 2.75) is 11.4 Å². The van der Waals surface area contributed by atoms with Crippen LogP contribution in [0.1, 0.15) is 5.56 Å². The van der Waals surface area contributed by atoms with Crippen LogP contribution in [0.15, 0.2) is 46.0 Å². The summed E-state index contributed by atoms with van der Waals surface area (Å²) in [5.74, 6) is 0. The second-order valence-electron chi connectivity index (χ2n) is 3.60. The minimum atomic E-state index is 0.943. The average Bonchev–Trinajstić information content (AvgIpc) is 2.82. The molecule has 0 saturated heterocycles. The molecule has 16 heavy (non-hydrogen) atoms. The average molecular weight is 250 g/mol. The molecule has 2 aromatic rings. The predicted molar refractivity (Wildman–Crippen MR) is 72.9 cm³/mol. The maximum atomic E-state index is 5.49. The fraction of sp³-hybridized carbons (Fsp3) is 0.167. The van der Waals surface area contributed by atoms with E-state index in [0.717, 1.165) is 11.4 Å². The van der Waals surface area contributed by atoms with Gasteiger partial charge in [0, 0.05) is 24.2 Å². The molecule has 0 aliphatic carbocycles. The molecule has 4 heteroatoms. The standard InChI is InChI=1S/C12H14N2S2/c1-14(8-10-6-7-15-9-10)11-2-4-12(16-13)5-3-11/h2-7,9H,8,13H2,1H3. The van der Waals surface area contributed by atoms with E-state index in [2.05, 4.69) is 40.9 Å². The number of thiophene rings is 1. The number of anilines is 1. The molecule has 84 valence electrons. The highest BCUT2D eigenvalue weighted by Crippen LogP contribution is 2.20. The van der Waals surface area contributed by atoms with Crippen LogP contribution in [-0.4, -0.2) is 7.05 Å². The SMILES string of the molecule is CN(Cc1ccsc1)c1ccc(SN)cc1. The Morgan fingerprint density at radius 1 is 1.25 bits per heavy atom. The Labute approximate surface area is 104 Å². The maximum absolute atomic E-state index is 5.49. The van der Waals surface area contributed by atoms with Crippen molar-refractivity contribution in [3.8, 4) is 0 Å². The van der Waals surface area contributed by atoms with E-state index in [9.17, 15) is 0 Å². The van der Waals surface area contributed by atoms with Crippen molar-refractivity contribution in [2.75, 3.05) is 11.9 Å². The quantitative estimate of drug-likeness (QED) is 0.844. The Kier molecular flexibility index (Phi) is 3.88. The molecule has 0 atom stereocenters. The zero-order valence-corrected chi connectivity index (χ0v) is 10.7. The summed E-state index contributed by atoms with van der Waals surface area (Å²) in [5, 5.41) is 9.78. The van der Waals surface area contributed by atoms with Gasteiger partial charge in [-0.05, 0) is 58.6 Å². The normalized spacial score (nSPS) is 10.4. The van der Waals surface area contributed by atoms with Crippen molar-refractivity contribution in [2.24, 2.45) is 5.14 Å². The molecule has 0 aliphatic heterocycles. The van der Waals surface area contributed by atoms with Gasteiger partial charge in [-0.3, -0.25) is 5.14 Å². The fourth-order valence-electron chi connectivity index (χ4n) is 1.53. The van der Waals surface area contributed by atoms with Crippen LogP contribution in [0.4, 0.5) is 5.69 Å². The molecule has 1 heterocycles. The van der Waals surface area contributed by atoms with Crippen molar-refractivity contribution in [1.29, 1.82) is 0 Å². The maximum Gasteiger partial charge on any atom is 0.0434 e. The second kappa shape index (κ2) is 5.39. The number of hydrogen-bond donors (Lipinski definition) is 1. The number of hydrogen-bond acceptors (Lipinski definition) is 4. The first-order valence-electron chi connectivity index (χ1n) is 4.98. The fourth-order valence-corrected chi connectivity index (χ4v) is 2.48. The van der Waals surface area contributed by atoms with E-state index in [1.165, 1.54) is 23.2 Å². The van der Waals surface area contributed by atoms with Gasteiger partial charge < -0.3 is 4.90 Å². The summed E-state index contributed by atoms with van der Waals surface area (Å²) >= 11 is 3.01. The Bertz CT molecular complexity index is 423. The van der Waals surface area contributed by atoms with Crippen molar-refractivity contribution in [1.82, 2.24) is 0 Å². The molecule has 2 N–H and O–H groups in total. The molecule has 2 nitrogen and oxygen atoms in total. The summed E-state index contributed by atoms with van der Waals surface area (Å²) in [7, 11) is 2.10. The lowest BCUT2D eigenvalue weighted by molar-refractivity contribution is 0.926. The monoisotopic (exact) mass is 250 g/mol. The molecular formula is C12H14N2S2. The van der Waals surface area contributed by atoms with E-state index in [0.29, 0.717) is 0 Å². The van der Waals surface area contributed by atoms with Crippen LogP contribution in [0.3, 0.4) is 0 Å². The molecule has 0 radical (unpaired) electrons. The van der Waals surface area contributed by atoms with Crippen molar-refractivity contribution in [3.05, 3.63) is 46.7 Å². The summed E-state index contributed by atoms with van der Waals surface area (Å²) in [6, 6.07) is 10.4. The Morgan fingerprint density at radius 3 is 2.56 bits per heavy atom. The van der Waals surface area contributed by atoms with E-state index in [-0.39, 0.29) is 0 Å². The molecular weight excluding hydrogens is 236 g/mol. The van der Waals surface area contributed by atoms with Crippen LogP contribution in [0.25, 0.3) is 0 Å². The van der Waals surface area contributed by atoms with E-state index in [4.69, 9.17) is 5.14 Å². The Hall–Kier alpha value is -0.970. The second-order valence-corrected chi connectivity index (χ2v) is 5.09. The van der Waals surface area contributed by atoms with E-state index < -0.39 is 0 Å². The highest BCUT2D eigenvalue weighted by molar-refractivity contribution is 7.97. The molecule has 2 rings (SSSR count). The smallest absolute Gasteiger partial charge is 0.0434 e. The van der Waals surface area contributed by atoms with Crippen molar-refractivity contribution < 1.29 is 0 Å². The van der Waals surface area contributed by atoms with Gasteiger partial charge >= 0.3 is 0 Å². The van der Waals surface area contributed by atoms with E-state index in [1.54, 1.807) is 11.3 Å². The first-order chi connectivity index (χ1) is 7.79. The molecule has 0 fully saturated rings. The zero-order valence-electron chi connectivity index (χ0n) is 9.09. The van der Waals surface area contributed by atoms with Gasteiger partial charge in [0.15, 0.2) is 0 Å². The van der Waals surface area contributed by atoms with Gasteiger partial charge in [0.2, 0.25) is 0 Å². The molecule has 0 saturated carbocycles. The highest BCUT2D eigenvalue weighted by atomic mass is 32.2. The van der Waals surface area contributed by atoms with Crippen LogP contribution in [0.2, 0.25) is 0 Å². The lowest BCUT2D eigenvalue weighted by atomic mass is 10.2. The van der Waals surface area contributed by atoms with Gasteiger partial charge in [-0.25, -0.2) is 0 Å². The van der Waals surface area contributed by atoms with Gasteiger partial charge in [-0.15, -0.1) is 0 Å². The molecule has 0 bridgehead atoms. The van der Waals surface area contributed by atoms with Crippen LogP contribution < -0.4 is 10.0 Å². The minimum Gasteiger partial charge on any atom is -0.370 e. The van der Waals surface area contributed by atoms with Gasteiger partial charge in [0.05, 0.1) is 0 Å². The molecule has 0 aliphatic rings. The van der Waals surface area contributed by atoms with Crippen LogP contribution in [0.5, 0.6) is 0 Å². The number of nitrogens with zero attached hydrogens (tertiary/aromatic N) is 1. The molecule has 1 aromatic heterocycles. The van der Waals surface area contributed by atoms with Gasteiger partial charge in [-0.1, -0.05) is 0 Å². The molecule has 0 unspecified atom stereocenters. The largest absolute Gasteiger partial charge is 0.370 e. The molecule has 1 aromatic carbocycles. The Balaban J connectivity index is 2.05. The molecule has 0 amide bonds. The van der Waals surface area contributed by atoms with Gasteiger partial charge in [-0.2, -0.15) is 11.3 Å². The minimum absolute atomic E-state index is 0.943. The first-order valence-corrected chi connectivity index (χ1v) is 6.81. The van der Waals surface area contributed by atoms with Crippen LogP contribution >= 0.6 is 23.3 Å². The Morgan fingerprint density at radius 2 is 2.00 bits per heavy atom. The highest BCUT2D eigenvalue weighted by Gasteiger charge is 2.02. The van der Waals surface area contributed by atoms with Crippen molar-refractivity contribution in [3.63, 3.8) is 0 Å². The molecule has 0 spiro atoms. The number of rotatable bonds is 4. The first kappa shape index (κ1) is 11.5. The lowest BCUT2D eigenvalue weighted by Gasteiger charge is -2.18. The van der Waals surface area contributed by atoms with Crippen molar-refractivity contribution >= 4 is 29.0 Å². The van der Waals surface area contributed by atoms with E-state index >= 15 is 0 Å². The third-order valence-electron chi connectivity index (χ3n) is 2.41. The zero-order chi connectivity index (χ0) is 11.4. The number of benzene rings is 1.